The molecule has 0 spiro atoms. The molecule has 1 fully saturated rings. The maximum Gasteiger partial charge on any atom is 0.0474 e. The van der Waals surface area contributed by atoms with Gasteiger partial charge in [0.2, 0.25) is 0 Å². The third-order valence-corrected chi connectivity index (χ3v) is 2.28. The Labute approximate surface area is 73.4 Å². The van der Waals surface area contributed by atoms with Gasteiger partial charge in [-0.2, -0.15) is 0 Å². The molecule has 1 nitrogen and oxygen atoms in total. The third-order valence-electron chi connectivity index (χ3n) is 2.28. The number of benzene rings is 1. The van der Waals surface area contributed by atoms with Crippen LogP contribution in [0.25, 0.3) is 0 Å². The summed E-state index contributed by atoms with van der Waals surface area (Å²) in [5.74, 6) is 1.54. The van der Waals surface area contributed by atoms with Crippen LogP contribution >= 0.6 is 0 Å². The number of ether oxygens (including phenoxy) is 1. The minimum absolute atomic E-state index is 0.893. The van der Waals surface area contributed by atoms with Crippen molar-refractivity contribution in [3.05, 3.63) is 41.8 Å². The molecule has 1 radical (unpaired) electrons. The van der Waals surface area contributed by atoms with Crippen molar-refractivity contribution < 1.29 is 4.74 Å². The van der Waals surface area contributed by atoms with E-state index in [4.69, 9.17) is 4.74 Å². The molecule has 0 saturated carbocycles. The summed E-state index contributed by atoms with van der Waals surface area (Å²) in [6.07, 6.45) is 2.20. The fourth-order valence-corrected chi connectivity index (χ4v) is 1.58. The topological polar surface area (TPSA) is 9.23 Å². The smallest absolute Gasteiger partial charge is 0.0474 e. The molecule has 1 saturated heterocycles. The molecule has 1 aromatic rings. The Hall–Kier alpha value is -0.820. The zero-order valence-corrected chi connectivity index (χ0v) is 7.12. The second-order valence-corrected chi connectivity index (χ2v) is 3.08. The Balaban J connectivity index is 2.08. The van der Waals surface area contributed by atoms with Crippen molar-refractivity contribution in [3.8, 4) is 0 Å². The highest BCUT2D eigenvalue weighted by Gasteiger charge is 2.15. The zero-order valence-electron chi connectivity index (χ0n) is 7.12. The number of hydrogen-bond acceptors (Lipinski definition) is 1. The van der Waals surface area contributed by atoms with Crippen LogP contribution in [0.1, 0.15) is 18.4 Å². The highest BCUT2D eigenvalue weighted by molar-refractivity contribution is 5.30. The van der Waals surface area contributed by atoms with E-state index in [9.17, 15) is 0 Å². The van der Waals surface area contributed by atoms with E-state index in [1.54, 1.807) is 5.92 Å². The van der Waals surface area contributed by atoms with Gasteiger partial charge in [0.15, 0.2) is 0 Å². The molecule has 0 aliphatic carbocycles. The molecular formula is C11H13O. The van der Waals surface area contributed by atoms with Crippen molar-refractivity contribution in [2.75, 3.05) is 13.2 Å². The summed E-state index contributed by atoms with van der Waals surface area (Å²) in [4.78, 5) is 0. The molecule has 1 heteroatoms. The van der Waals surface area contributed by atoms with Crippen molar-refractivity contribution in [1.29, 1.82) is 0 Å². The molecule has 0 unspecified atom stereocenters. The summed E-state index contributed by atoms with van der Waals surface area (Å²) in [5.41, 5.74) is 1.39. The van der Waals surface area contributed by atoms with E-state index in [2.05, 4.69) is 30.3 Å². The summed E-state index contributed by atoms with van der Waals surface area (Å²) in [6.45, 7) is 1.79. The first kappa shape index (κ1) is 7.81. The molecule has 0 bridgehead atoms. The van der Waals surface area contributed by atoms with Gasteiger partial charge in [-0.1, -0.05) is 30.3 Å². The van der Waals surface area contributed by atoms with Crippen LogP contribution in [0.4, 0.5) is 0 Å². The Morgan fingerprint density at radius 1 is 0.917 bits per heavy atom. The van der Waals surface area contributed by atoms with Gasteiger partial charge in [-0.05, 0) is 18.4 Å². The molecule has 0 N–H and O–H groups in total. The standard InChI is InChI=1S/C11H13O/c1-2-4-10(5-3-1)11-6-8-12-9-7-11/h1-5H,6-9H2. The lowest BCUT2D eigenvalue weighted by Crippen LogP contribution is -2.14. The monoisotopic (exact) mass is 161 g/mol. The van der Waals surface area contributed by atoms with Crippen molar-refractivity contribution in [3.63, 3.8) is 0 Å². The Morgan fingerprint density at radius 2 is 1.58 bits per heavy atom. The van der Waals surface area contributed by atoms with E-state index < -0.39 is 0 Å². The van der Waals surface area contributed by atoms with Crippen LogP contribution in [0.2, 0.25) is 0 Å². The zero-order chi connectivity index (χ0) is 8.23. The first-order valence-electron chi connectivity index (χ1n) is 4.45. The summed E-state index contributed by atoms with van der Waals surface area (Å²) in [7, 11) is 0. The van der Waals surface area contributed by atoms with Crippen molar-refractivity contribution in [2.45, 2.75) is 12.8 Å². The van der Waals surface area contributed by atoms with E-state index in [1.807, 2.05) is 0 Å². The van der Waals surface area contributed by atoms with E-state index >= 15 is 0 Å². The van der Waals surface area contributed by atoms with Crippen LogP contribution in [0.15, 0.2) is 30.3 Å². The maximum atomic E-state index is 5.30. The first-order valence-corrected chi connectivity index (χ1v) is 4.45. The summed E-state index contributed by atoms with van der Waals surface area (Å²) in [5, 5.41) is 0. The fraction of sp³-hybridized carbons (Fsp3) is 0.364. The molecular weight excluding hydrogens is 148 g/mol. The molecule has 1 aromatic carbocycles. The highest BCUT2D eigenvalue weighted by Crippen LogP contribution is 2.24. The molecule has 1 heterocycles. The van der Waals surface area contributed by atoms with Crippen LogP contribution in [0.3, 0.4) is 0 Å². The van der Waals surface area contributed by atoms with Crippen LogP contribution in [-0.2, 0) is 4.74 Å². The fourth-order valence-electron chi connectivity index (χ4n) is 1.58. The highest BCUT2D eigenvalue weighted by atomic mass is 16.5. The Kier molecular flexibility index (Phi) is 2.42. The second kappa shape index (κ2) is 3.72. The van der Waals surface area contributed by atoms with Gasteiger partial charge in [-0.15, -0.1) is 0 Å². The summed E-state index contributed by atoms with van der Waals surface area (Å²) in [6, 6.07) is 10.6. The van der Waals surface area contributed by atoms with Gasteiger partial charge in [0.1, 0.15) is 0 Å². The van der Waals surface area contributed by atoms with Crippen molar-refractivity contribution >= 4 is 0 Å². The Bertz CT molecular complexity index is 224. The predicted octanol–water partition coefficient (Wildman–Crippen LogP) is 2.42. The van der Waals surface area contributed by atoms with Crippen LogP contribution < -0.4 is 0 Å². The second-order valence-electron chi connectivity index (χ2n) is 3.08. The lowest BCUT2D eigenvalue weighted by atomic mass is 9.92. The quantitative estimate of drug-likeness (QED) is 0.614. The normalized spacial score (nSPS) is 19.3. The van der Waals surface area contributed by atoms with Crippen LogP contribution in [-0.4, -0.2) is 13.2 Å². The lowest BCUT2D eigenvalue weighted by Gasteiger charge is -2.21. The van der Waals surface area contributed by atoms with Crippen LogP contribution in [0, 0.1) is 5.92 Å². The van der Waals surface area contributed by atoms with E-state index in [1.165, 1.54) is 5.56 Å². The molecule has 1 aliphatic heterocycles. The van der Waals surface area contributed by atoms with E-state index in [-0.39, 0.29) is 0 Å². The van der Waals surface area contributed by atoms with E-state index in [0.717, 1.165) is 26.1 Å². The van der Waals surface area contributed by atoms with Gasteiger partial charge < -0.3 is 4.74 Å². The van der Waals surface area contributed by atoms with Gasteiger partial charge in [-0.25, -0.2) is 0 Å². The van der Waals surface area contributed by atoms with Gasteiger partial charge >= 0.3 is 0 Å². The van der Waals surface area contributed by atoms with Gasteiger partial charge in [0.05, 0.1) is 0 Å². The maximum absolute atomic E-state index is 5.30. The predicted molar refractivity (Wildman–Crippen MR) is 48.8 cm³/mol. The molecule has 63 valence electrons. The SMILES string of the molecule is c1ccc([C]2CCOCC2)cc1. The largest absolute Gasteiger partial charge is 0.381 e. The average molecular weight is 161 g/mol. The molecule has 0 amide bonds. The Morgan fingerprint density at radius 3 is 2.25 bits per heavy atom. The summed E-state index contributed by atoms with van der Waals surface area (Å²) < 4.78 is 5.30. The third kappa shape index (κ3) is 1.67. The molecule has 2 rings (SSSR count). The lowest BCUT2D eigenvalue weighted by molar-refractivity contribution is 0.110. The molecule has 1 aliphatic rings. The average Bonchev–Trinajstić information content (AvgIpc) is 2.21. The van der Waals surface area contributed by atoms with Gasteiger partial charge in [-0.3, -0.25) is 0 Å². The minimum atomic E-state index is 0.893. The van der Waals surface area contributed by atoms with Crippen molar-refractivity contribution in [1.82, 2.24) is 0 Å². The van der Waals surface area contributed by atoms with Crippen LogP contribution in [0.5, 0.6) is 0 Å². The first-order chi connectivity index (χ1) is 5.97. The van der Waals surface area contributed by atoms with Gasteiger partial charge in [0.25, 0.3) is 0 Å². The van der Waals surface area contributed by atoms with Gasteiger partial charge in [0, 0.05) is 19.1 Å². The molecule has 0 aromatic heterocycles. The molecule has 12 heavy (non-hydrogen) atoms. The van der Waals surface area contributed by atoms with E-state index in [0.29, 0.717) is 0 Å². The molecule has 0 atom stereocenters. The van der Waals surface area contributed by atoms with Crippen molar-refractivity contribution in [2.24, 2.45) is 0 Å². The minimum Gasteiger partial charge on any atom is -0.381 e. The summed E-state index contributed by atoms with van der Waals surface area (Å²) >= 11 is 0. The number of rotatable bonds is 1. The number of hydrogen-bond donors (Lipinski definition) is 0.